The van der Waals surface area contributed by atoms with Gasteiger partial charge in [-0.1, -0.05) is 23.7 Å². The number of hydrogen-bond acceptors (Lipinski definition) is 5. The van der Waals surface area contributed by atoms with Crippen LogP contribution in [-0.4, -0.2) is 56.0 Å². The maximum Gasteiger partial charge on any atom is 0.323 e. The molecule has 1 aromatic heterocycles. The number of piperazine rings is 1. The number of methoxy groups -OCH3 is 1. The van der Waals surface area contributed by atoms with Crippen LogP contribution in [0.2, 0.25) is 5.02 Å². The summed E-state index contributed by atoms with van der Waals surface area (Å²) in [5.74, 6) is 0.753. The number of ether oxygens (including phenoxy) is 1. The largest absolute Gasteiger partial charge is 0.495 e. The van der Waals surface area contributed by atoms with Gasteiger partial charge in [0.2, 0.25) is 10.0 Å². The number of hydrogen-bond donors (Lipinski definition) is 2. The third kappa shape index (κ3) is 3.25. The van der Waals surface area contributed by atoms with Crippen LogP contribution < -0.4 is 15.3 Å². The molecular weight excluding hydrogens is 404 g/mol. The number of halogens is 1. The van der Waals surface area contributed by atoms with Gasteiger partial charge in [0, 0.05) is 26.2 Å². The maximum atomic E-state index is 13.1. The van der Waals surface area contributed by atoms with Crippen molar-refractivity contribution >= 4 is 38.3 Å². The van der Waals surface area contributed by atoms with Crippen molar-refractivity contribution in [3.8, 4) is 5.75 Å². The fraction of sp³-hybridized carbons (Fsp3) is 0.278. The van der Waals surface area contributed by atoms with Crippen LogP contribution in [0.5, 0.6) is 5.75 Å². The minimum atomic E-state index is -3.79. The molecule has 2 aromatic carbocycles. The Hall–Kier alpha value is -2.49. The van der Waals surface area contributed by atoms with Gasteiger partial charge in [0.05, 0.1) is 28.9 Å². The molecule has 1 saturated heterocycles. The standard InChI is InChI=1S/C18H19ClN4O4S/c1-27-16-5-3-2-4-15(16)22-6-8-23(9-7-22)28(25,26)17-11-14-13(10-12(17)19)20-18(24)21-14/h2-5,10-11H,6-9H2,1H3,(H2,20,21,24). The van der Waals surface area contributed by atoms with Gasteiger partial charge >= 0.3 is 5.69 Å². The fourth-order valence-corrected chi connectivity index (χ4v) is 5.38. The van der Waals surface area contributed by atoms with Gasteiger partial charge in [0.15, 0.2) is 0 Å². The number of sulfonamides is 1. The molecule has 1 aliphatic heterocycles. The third-order valence-electron chi connectivity index (χ3n) is 4.85. The number of aromatic nitrogens is 2. The number of fused-ring (bicyclic) bond motifs is 1. The first-order valence-corrected chi connectivity index (χ1v) is 10.5. The van der Waals surface area contributed by atoms with E-state index in [-0.39, 0.29) is 9.92 Å². The van der Waals surface area contributed by atoms with Gasteiger partial charge in [-0.2, -0.15) is 4.31 Å². The quantitative estimate of drug-likeness (QED) is 0.670. The number of imidazole rings is 1. The molecule has 1 aliphatic rings. The van der Waals surface area contributed by atoms with E-state index in [4.69, 9.17) is 16.3 Å². The molecule has 8 nitrogen and oxygen atoms in total. The zero-order chi connectivity index (χ0) is 19.9. The second kappa shape index (κ2) is 7.16. The maximum absolute atomic E-state index is 13.1. The van der Waals surface area contributed by atoms with Crippen molar-refractivity contribution in [2.24, 2.45) is 0 Å². The molecule has 3 aromatic rings. The van der Waals surface area contributed by atoms with Crippen LogP contribution in [0.1, 0.15) is 0 Å². The summed E-state index contributed by atoms with van der Waals surface area (Å²) in [5, 5.41) is 0.0786. The molecular formula is C18H19ClN4O4S. The molecule has 2 N–H and O–H groups in total. The summed E-state index contributed by atoms with van der Waals surface area (Å²) < 4.78 is 33.1. The number of rotatable bonds is 4. The molecule has 4 rings (SSSR count). The lowest BCUT2D eigenvalue weighted by atomic mass is 10.2. The van der Waals surface area contributed by atoms with Gasteiger partial charge in [0.25, 0.3) is 0 Å². The van der Waals surface area contributed by atoms with E-state index in [2.05, 4.69) is 14.9 Å². The van der Waals surface area contributed by atoms with Gasteiger partial charge in [-0.3, -0.25) is 0 Å². The molecule has 0 bridgehead atoms. The van der Waals surface area contributed by atoms with E-state index in [9.17, 15) is 13.2 Å². The molecule has 0 radical (unpaired) electrons. The highest BCUT2D eigenvalue weighted by Crippen LogP contribution is 2.31. The topological polar surface area (TPSA) is 98.5 Å². The van der Waals surface area contributed by atoms with E-state index in [1.807, 2.05) is 24.3 Å². The summed E-state index contributed by atoms with van der Waals surface area (Å²) in [6, 6.07) is 10.5. The molecule has 1 fully saturated rings. The molecule has 0 unspecified atom stereocenters. The van der Waals surface area contributed by atoms with Crippen LogP contribution in [0.4, 0.5) is 5.69 Å². The highest BCUT2D eigenvalue weighted by Gasteiger charge is 2.31. The first kappa shape index (κ1) is 18.9. The van der Waals surface area contributed by atoms with Crippen molar-refractivity contribution in [1.82, 2.24) is 14.3 Å². The Bertz CT molecular complexity index is 1180. The van der Waals surface area contributed by atoms with Gasteiger partial charge in [-0.15, -0.1) is 0 Å². The minimum Gasteiger partial charge on any atom is -0.495 e. The molecule has 0 amide bonds. The summed E-state index contributed by atoms with van der Waals surface area (Å²) >= 11 is 6.21. The normalized spacial score (nSPS) is 15.9. The number of nitrogens with zero attached hydrogens (tertiary/aromatic N) is 2. The zero-order valence-electron chi connectivity index (χ0n) is 15.1. The summed E-state index contributed by atoms with van der Waals surface area (Å²) in [4.78, 5) is 18.7. The lowest BCUT2D eigenvalue weighted by Crippen LogP contribution is -2.48. The van der Waals surface area contributed by atoms with Crippen molar-refractivity contribution in [3.05, 3.63) is 51.9 Å². The first-order chi connectivity index (χ1) is 13.4. The minimum absolute atomic E-state index is 0.0114. The van der Waals surface area contributed by atoms with Gasteiger partial charge in [-0.05, 0) is 24.3 Å². The van der Waals surface area contributed by atoms with E-state index in [1.54, 1.807) is 7.11 Å². The molecule has 0 aliphatic carbocycles. The Morgan fingerprint density at radius 1 is 1.04 bits per heavy atom. The van der Waals surface area contributed by atoms with Crippen molar-refractivity contribution in [3.63, 3.8) is 0 Å². The average molecular weight is 423 g/mol. The number of aromatic amines is 2. The first-order valence-electron chi connectivity index (χ1n) is 8.70. The Balaban J connectivity index is 1.59. The van der Waals surface area contributed by atoms with E-state index in [0.717, 1.165) is 11.4 Å². The zero-order valence-corrected chi connectivity index (χ0v) is 16.7. The highest BCUT2D eigenvalue weighted by atomic mass is 35.5. The van der Waals surface area contributed by atoms with Crippen molar-refractivity contribution in [2.45, 2.75) is 4.90 Å². The fourth-order valence-electron chi connectivity index (χ4n) is 3.43. The van der Waals surface area contributed by atoms with Crippen molar-refractivity contribution in [1.29, 1.82) is 0 Å². The van der Waals surface area contributed by atoms with Gasteiger partial charge < -0.3 is 19.6 Å². The predicted octanol–water partition coefficient (Wildman–Crippen LogP) is 2.03. The predicted molar refractivity (Wildman–Crippen MR) is 108 cm³/mol. The van der Waals surface area contributed by atoms with E-state index in [0.29, 0.717) is 37.2 Å². The monoisotopic (exact) mass is 422 g/mol. The molecule has 0 spiro atoms. The Labute approximate surface area is 166 Å². The lowest BCUT2D eigenvalue weighted by molar-refractivity contribution is 0.378. The summed E-state index contributed by atoms with van der Waals surface area (Å²) in [7, 11) is -2.17. The van der Waals surface area contributed by atoms with Gasteiger partial charge in [0.1, 0.15) is 10.6 Å². The second-order valence-electron chi connectivity index (χ2n) is 6.47. The number of para-hydroxylation sites is 2. The van der Waals surface area contributed by atoms with E-state index < -0.39 is 15.7 Å². The molecule has 10 heteroatoms. The summed E-state index contributed by atoms with van der Waals surface area (Å²) in [6.07, 6.45) is 0. The van der Waals surface area contributed by atoms with Crippen LogP contribution in [-0.2, 0) is 10.0 Å². The van der Waals surface area contributed by atoms with Crippen LogP contribution in [0.25, 0.3) is 11.0 Å². The van der Waals surface area contributed by atoms with E-state index in [1.165, 1.54) is 16.4 Å². The van der Waals surface area contributed by atoms with Crippen molar-refractivity contribution in [2.75, 3.05) is 38.2 Å². The number of nitrogens with one attached hydrogen (secondary N) is 2. The number of H-pyrrole nitrogens is 2. The molecule has 0 saturated carbocycles. The SMILES string of the molecule is COc1ccccc1N1CCN(S(=O)(=O)c2cc3[nH]c(=O)[nH]c3cc2Cl)CC1. The number of anilines is 1. The smallest absolute Gasteiger partial charge is 0.323 e. The Morgan fingerprint density at radius 2 is 1.68 bits per heavy atom. The lowest BCUT2D eigenvalue weighted by Gasteiger charge is -2.36. The molecule has 148 valence electrons. The highest BCUT2D eigenvalue weighted by molar-refractivity contribution is 7.89. The molecule has 2 heterocycles. The van der Waals surface area contributed by atoms with Gasteiger partial charge in [-0.25, -0.2) is 13.2 Å². The van der Waals surface area contributed by atoms with Crippen molar-refractivity contribution < 1.29 is 13.2 Å². The molecule has 28 heavy (non-hydrogen) atoms. The van der Waals surface area contributed by atoms with Crippen LogP contribution in [0, 0.1) is 0 Å². The number of benzene rings is 2. The molecule has 0 atom stereocenters. The average Bonchev–Trinajstić information content (AvgIpc) is 3.06. The Morgan fingerprint density at radius 3 is 2.36 bits per heavy atom. The summed E-state index contributed by atoms with van der Waals surface area (Å²) in [5.41, 5.74) is 1.40. The third-order valence-corrected chi connectivity index (χ3v) is 7.21. The van der Waals surface area contributed by atoms with Crippen LogP contribution >= 0.6 is 11.6 Å². The van der Waals surface area contributed by atoms with Crippen LogP contribution in [0.15, 0.2) is 46.1 Å². The van der Waals surface area contributed by atoms with Crippen LogP contribution in [0.3, 0.4) is 0 Å². The van der Waals surface area contributed by atoms with E-state index >= 15 is 0 Å². The Kier molecular flexibility index (Phi) is 4.82. The summed E-state index contributed by atoms with van der Waals surface area (Å²) in [6.45, 7) is 1.69. The second-order valence-corrected chi connectivity index (χ2v) is 8.78.